The van der Waals surface area contributed by atoms with Gasteiger partial charge in [-0.15, -0.1) is 0 Å². The maximum atomic E-state index is 13.2. The average molecular weight is 421 g/mol. The number of nitrogens with zero attached hydrogens (tertiary/aromatic N) is 2. The molecule has 1 aliphatic heterocycles. The van der Waals surface area contributed by atoms with Crippen molar-refractivity contribution in [2.75, 3.05) is 31.5 Å². The van der Waals surface area contributed by atoms with Crippen LogP contribution in [0.3, 0.4) is 0 Å². The summed E-state index contributed by atoms with van der Waals surface area (Å²) >= 11 is 0. The summed E-state index contributed by atoms with van der Waals surface area (Å²) in [6.45, 7) is 3.88. The Morgan fingerprint density at radius 3 is 2.23 bits per heavy atom. The highest BCUT2D eigenvalue weighted by atomic mass is 19.1. The summed E-state index contributed by atoms with van der Waals surface area (Å²) < 4.78 is 18.7. The molecule has 1 aliphatic rings. The number of furan rings is 1. The molecule has 0 spiro atoms. The van der Waals surface area contributed by atoms with Crippen LogP contribution in [0.25, 0.3) is 0 Å². The number of nitrogens with one attached hydrogen (secondary N) is 1. The predicted molar refractivity (Wildman–Crippen MR) is 115 cm³/mol. The zero-order valence-electron chi connectivity index (χ0n) is 17.3. The van der Waals surface area contributed by atoms with Crippen molar-refractivity contribution in [2.45, 2.75) is 13.0 Å². The fourth-order valence-corrected chi connectivity index (χ4v) is 3.80. The highest BCUT2D eigenvalue weighted by Crippen LogP contribution is 2.25. The third-order valence-electron chi connectivity index (χ3n) is 5.39. The van der Waals surface area contributed by atoms with Gasteiger partial charge in [-0.3, -0.25) is 14.5 Å². The summed E-state index contributed by atoms with van der Waals surface area (Å²) in [6, 6.07) is 18.2. The number of carbonyl (C=O) groups is 2. The summed E-state index contributed by atoms with van der Waals surface area (Å²) in [4.78, 5) is 29.7. The van der Waals surface area contributed by atoms with Crippen molar-refractivity contribution in [2.24, 2.45) is 0 Å². The fourth-order valence-electron chi connectivity index (χ4n) is 3.80. The maximum Gasteiger partial charge on any atom is 0.289 e. The Balaban J connectivity index is 1.48. The number of anilines is 1. The smallest absolute Gasteiger partial charge is 0.289 e. The van der Waals surface area contributed by atoms with E-state index < -0.39 is 6.04 Å². The van der Waals surface area contributed by atoms with Crippen LogP contribution >= 0.6 is 0 Å². The van der Waals surface area contributed by atoms with Gasteiger partial charge in [0, 0.05) is 31.9 Å². The first-order chi connectivity index (χ1) is 15.0. The molecule has 1 atom stereocenters. The Morgan fingerprint density at radius 2 is 1.61 bits per heavy atom. The Kier molecular flexibility index (Phi) is 6.13. The number of rotatable bonds is 5. The SMILES string of the molecule is Cc1ccc(C(=O)N2CCN(C(C(=O)Nc3ccc(F)cc3)c3ccccc3)CC2)o1. The fraction of sp³-hybridized carbons (Fsp3) is 0.250. The van der Waals surface area contributed by atoms with E-state index in [4.69, 9.17) is 4.42 Å². The molecular weight excluding hydrogens is 397 g/mol. The molecular formula is C24H24FN3O3. The van der Waals surface area contributed by atoms with Gasteiger partial charge in [-0.1, -0.05) is 30.3 Å². The molecule has 0 radical (unpaired) electrons. The normalized spacial score (nSPS) is 15.5. The van der Waals surface area contributed by atoms with Crippen molar-refractivity contribution in [1.29, 1.82) is 0 Å². The van der Waals surface area contributed by atoms with Gasteiger partial charge in [0.15, 0.2) is 5.76 Å². The molecule has 2 aromatic carbocycles. The number of hydrogen-bond acceptors (Lipinski definition) is 4. The van der Waals surface area contributed by atoms with E-state index in [-0.39, 0.29) is 17.6 Å². The topological polar surface area (TPSA) is 65.8 Å². The summed E-state index contributed by atoms with van der Waals surface area (Å²) in [5.41, 5.74) is 1.40. The van der Waals surface area contributed by atoms with Crippen LogP contribution in [0.4, 0.5) is 10.1 Å². The molecule has 4 rings (SSSR count). The van der Waals surface area contributed by atoms with Crippen molar-refractivity contribution in [3.05, 3.63) is 89.6 Å². The lowest BCUT2D eigenvalue weighted by molar-refractivity contribution is -0.122. The molecule has 0 bridgehead atoms. The standard InChI is InChI=1S/C24H24FN3O3/c1-17-7-12-21(31-17)24(30)28-15-13-27(14-16-28)22(18-5-3-2-4-6-18)23(29)26-20-10-8-19(25)9-11-20/h2-12,22H,13-16H2,1H3,(H,26,29). The van der Waals surface area contributed by atoms with Gasteiger partial charge in [-0.05, 0) is 48.9 Å². The number of halogens is 1. The molecule has 1 aromatic heterocycles. The number of aryl methyl sites for hydroxylation is 1. The van der Waals surface area contributed by atoms with Gasteiger partial charge < -0.3 is 14.6 Å². The molecule has 2 heterocycles. The quantitative estimate of drug-likeness (QED) is 0.679. The summed E-state index contributed by atoms with van der Waals surface area (Å²) in [6.07, 6.45) is 0. The summed E-state index contributed by atoms with van der Waals surface area (Å²) in [5.74, 6) is 0.340. The van der Waals surface area contributed by atoms with Crippen molar-refractivity contribution in [3.8, 4) is 0 Å². The second-order valence-corrected chi connectivity index (χ2v) is 7.55. The second-order valence-electron chi connectivity index (χ2n) is 7.55. The van der Waals surface area contributed by atoms with Crippen molar-refractivity contribution >= 4 is 17.5 Å². The van der Waals surface area contributed by atoms with E-state index in [1.165, 1.54) is 24.3 Å². The van der Waals surface area contributed by atoms with Gasteiger partial charge in [0.2, 0.25) is 5.91 Å². The highest BCUT2D eigenvalue weighted by Gasteiger charge is 2.32. The van der Waals surface area contributed by atoms with Crippen molar-refractivity contribution in [1.82, 2.24) is 9.80 Å². The molecule has 0 aliphatic carbocycles. The zero-order valence-corrected chi connectivity index (χ0v) is 17.3. The first-order valence-electron chi connectivity index (χ1n) is 10.2. The van der Waals surface area contributed by atoms with Crippen LogP contribution in [-0.4, -0.2) is 47.8 Å². The van der Waals surface area contributed by atoms with E-state index in [0.29, 0.717) is 43.4 Å². The lowest BCUT2D eigenvalue weighted by atomic mass is 10.0. The van der Waals surface area contributed by atoms with Crippen LogP contribution in [0.1, 0.15) is 27.9 Å². The lowest BCUT2D eigenvalue weighted by Gasteiger charge is -2.38. The molecule has 1 fully saturated rings. The van der Waals surface area contributed by atoms with Gasteiger partial charge in [0.25, 0.3) is 5.91 Å². The van der Waals surface area contributed by atoms with Crippen LogP contribution in [0.5, 0.6) is 0 Å². The third-order valence-corrected chi connectivity index (χ3v) is 5.39. The van der Waals surface area contributed by atoms with Crippen molar-refractivity contribution < 1.29 is 18.4 Å². The van der Waals surface area contributed by atoms with Crippen LogP contribution in [-0.2, 0) is 4.79 Å². The number of hydrogen-bond donors (Lipinski definition) is 1. The van der Waals surface area contributed by atoms with E-state index in [9.17, 15) is 14.0 Å². The molecule has 1 N–H and O–H groups in total. The molecule has 6 nitrogen and oxygen atoms in total. The largest absolute Gasteiger partial charge is 0.456 e. The van der Waals surface area contributed by atoms with Crippen molar-refractivity contribution in [3.63, 3.8) is 0 Å². The second kappa shape index (κ2) is 9.14. The van der Waals surface area contributed by atoms with Gasteiger partial charge >= 0.3 is 0 Å². The summed E-state index contributed by atoms with van der Waals surface area (Å²) in [5, 5.41) is 2.88. The molecule has 2 amide bonds. The van der Waals surface area contributed by atoms with Crippen LogP contribution in [0.2, 0.25) is 0 Å². The Labute approximate surface area is 180 Å². The van der Waals surface area contributed by atoms with E-state index in [1.807, 2.05) is 30.3 Å². The van der Waals surface area contributed by atoms with E-state index in [1.54, 1.807) is 24.0 Å². The molecule has 1 unspecified atom stereocenters. The van der Waals surface area contributed by atoms with Gasteiger partial charge in [-0.2, -0.15) is 0 Å². The maximum absolute atomic E-state index is 13.2. The van der Waals surface area contributed by atoms with E-state index in [2.05, 4.69) is 10.2 Å². The number of amides is 2. The zero-order chi connectivity index (χ0) is 21.8. The Bertz CT molecular complexity index is 1040. The highest BCUT2D eigenvalue weighted by molar-refractivity contribution is 5.95. The van der Waals surface area contributed by atoms with Gasteiger partial charge in [0.1, 0.15) is 17.6 Å². The first-order valence-corrected chi connectivity index (χ1v) is 10.2. The minimum Gasteiger partial charge on any atom is -0.456 e. The Morgan fingerprint density at radius 1 is 0.935 bits per heavy atom. The van der Waals surface area contributed by atoms with Crippen LogP contribution in [0.15, 0.2) is 71.1 Å². The first kappa shape index (κ1) is 20.8. The Hall–Kier alpha value is -3.45. The summed E-state index contributed by atoms with van der Waals surface area (Å²) in [7, 11) is 0. The molecule has 31 heavy (non-hydrogen) atoms. The predicted octanol–water partition coefficient (Wildman–Crippen LogP) is 3.86. The van der Waals surface area contributed by atoms with E-state index in [0.717, 1.165) is 5.56 Å². The monoisotopic (exact) mass is 421 g/mol. The minimum atomic E-state index is -0.519. The van der Waals surface area contributed by atoms with Crippen LogP contribution < -0.4 is 5.32 Å². The number of benzene rings is 2. The van der Waals surface area contributed by atoms with Crippen LogP contribution in [0, 0.1) is 12.7 Å². The number of carbonyl (C=O) groups excluding carboxylic acids is 2. The third kappa shape index (κ3) is 4.83. The molecule has 3 aromatic rings. The molecule has 0 saturated carbocycles. The molecule has 1 saturated heterocycles. The number of piperazine rings is 1. The van der Waals surface area contributed by atoms with Gasteiger partial charge in [0.05, 0.1) is 0 Å². The van der Waals surface area contributed by atoms with E-state index >= 15 is 0 Å². The molecule has 7 heteroatoms. The lowest BCUT2D eigenvalue weighted by Crippen LogP contribution is -2.51. The van der Waals surface area contributed by atoms with Gasteiger partial charge in [-0.25, -0.2) is 4.39 Å². The molecule has 160 valence electrons. The average Bonchev–Trinajstić information content (AvgIpc) is 3.22. The minimum absolute atomic E-state index is 0.139.